The zero-order valence-corrected chi connectivity index (χ0v) is 16.4. The van der Waals surface area contributed by atoms with Crippen molar-refractivity contribution in [2.45, 2.75) is 56.7 Å². The molecular formula is C20H33N3OS. The summed E-state index contributed by atoms with van der Waals surface area (Å²) in [6.45, 7) is 7.43. The first-order chi connectivity index (χ1) is 12.2. The fourth-order valence-corrected chi connectivity index (χ4v) is 6.06. The molecular weight excluding hydrogens is 330 g/mol. The first kappa shape index (κ1) is 17.9. The fourth-order valence-electron chi connectivity index (χ4n) is 4.84. The Hall–Kier alpha value is -0.460. The molecule has 0 bridgehead atoms. The van der Waals surface area contributed by atoms with Gasteiger partial charge in [-0.1, -0.05) is 12.8 Å². The Morgan fingerprint density at radius 1 is 1.04 bits per heavy atom. The summed E-state index contributed by atoms with van der Waals surface area (Å²) >= 11 is 2.01. The Bertz CT molecular complexity index is 549. The van der Waals surface area contributed by atoms with Crippen LogP contribution in [0.5, 0.6) is 0 Å². The van der Waals surface area contributed by atoms with E-state index >= 15 is 0 Å². The summed E-state index contributed by atoms with van der Waals surface area (Å²) in [7, 11) is 2.19. The molecule has 25 heavy (non-hydrogen) atoms. The molecule has 4 nitrogen and oxygen atoms in total. The fraction of sp³-hybridized carbons (Fsp3) is 0.800. The SMILES string of the molecule is CN1CCN([C@@H]2CCN(Cc3ccc(C4CCCC4)s3)C[C@H]2O)CC1. The average Bonchev–Trinajstić information content (AvgIpc) is 3.27. The van der Waals surface area contributed by atoms with Crippen molar-refractivity contribution in [3.8, 4) is 0 Å². The van der Waals surface area contributed by atoms with Gasteiger partial charge in [0, 0.05) is 61.6 Å². The third-order valence-electron chi connectivity index (χ3n) is 6.46. The van der Waals surface area contributed by atoms with Gasteiger partial charge in [0.25, 0.3) is 0 Å². The van der Waals surface area contributed by atoms with E-state index in [-0.39, 0.29) is 6.10 Å². The summed E-state index contributed by atoms with van der Waals surface area (Å²) in [6, 6.07) is 5.06. The maximum absolute atomic E-state index is 10.7. The van der Waals surface area contributed by atoms with Crippen LogP contribution < -0.4 is 0 Å². The van der Waals surface area contributed by atoms with Gasteiger partial charge in [0.1, 0.15) is 0 Å². The summed E-state index contributed by atoms with van der Waals surface area (Å²) in [5.74, 6) is 0.826. The van der Waals surface area contributed by atoms with Crippen LogP contribution in [0.2, 0.25) is 0 Å². The highest BCUT2D eigenvalue weighted by Crippen LogP contribution is 2.38. The highest BCUT2D eigenvalue weighted by atomic mass is 32.1. The van der Waals surface area contributed by atoms with Gasteiger partial charge in [0.2, 0.25) is 0 Å². The number of β-amino-alcohol motifs (C(OH)–C–C–N with tert-alkyl or cyclic N) is 1. The highest BCUT2D eigenvalue weighted by molar-refractivity contribution is 7.12. The highest BCUT2D eigenvalue weighted by Gasteiger charge is 2.33. The molecule has 5 heteroatoms. The van der Waals surface area contributed by atoms with Gasteiger partial charge in [-0.3, -0.25) is 9.80 Å². The summed E-state index contributed by atoms with van der Waals surface area (Å²) < 4.78 is 0. The predicted octanol–water partition coefficient (Wildman–Crippen LogP) is 2.59. The predicted molar refractivity (Wildman–Crippen MR) is 104 cm³/mol. The van der Waals surface area contributed by atoms with Crippen molar-refractivity contribution in [2.75, 3.05) is 46.3 Å². The molecule has 2 atom stereocenters. The maximum atomic E-state index is 10.7. The van der Waals surface area contributed by atoms with Gasteiger partial charge in [0.15, 0.2) is 0 Å². The van der Waals surface area contributed by atoms with E-state index in [2.05, 4.69) is 33.9 Å². The van der Waals surface area contributed by atoms with Crippen LogP contribution in [-0.4, -0.2) is 78.3 Å². The summed E-state index contributed by atoms with van der Waals surface area (Å²) in [4.78, 5) is 10.4. The minimum Gasteiger partial charge on any atom is -0.390 e. The number of piperidine rings is 1. The number of piperazine rings is 1. The molecule has 3 fully saturated rings. The van der Waals surface area contributed by atoms with Crippen LogP contribution in [0.4, 0.5) is 0 Å². The lowest BCUT2D eigenvalue weighted by molar-refractivity contribution is -0.0283. The number of nitrogens with zero attached hydrogens (tertiary/aromatic N) is 3. The Kier molecular flexibility index (Phi) is 5.77. The molecule has 2 aliphatic heterocycles. The second kappa shape index (κ2) is 8.05. The van der Waals surface area contributed by atoms with Crippen molar-refractivity contribution in [1.82, 2.24) is 14.7 Å². The molecule has 4 rings (SSSR count). The molecule has 1 aliphatic carbocycles. The first-order valence-electron chi connectivity index (χ1n) is 10.1. The molecule has 0 radical (unpaired) electrons. The van der Waals surface area contributed by atoms with E-state index in [1.54, 1.807) is 4.88 Å². The molecule has 3 heterocycles. The Morgan fingerprint density at radius 3 is 2.52 bits per heavy atom. The van der Waals surface area contributed by atoms with E-state index < -0.39 is 0 Å². The number of likely N-dealkylation sites (tertiary alicyclic amines) is 1. The summed E-state index contributed by atoms with van der Waals surface area (Å²) in [5.41, 5.74) is 0. The third kappa shape index (κ3) is 4.28. The van der Waals surface area contributed by atoms with E-state index in [1.165, 1.54) is 30.6 Å². The number of likely N-dealkylation sites (N-methyl/N-ethyl adjacent to an activating group) is 1. The van der Waals surface area contributed by atoms with Gasteiger partial charge >= 0.3 is 0 Å². The van der Waals surface area contributed by atoms with Gasteiger partial charge in [0.05, 0.1) is 6.10 Å². The van der Waals surface area contributed by atoms with E-state index in [1.807, 2.05) is 11.3 Å². The molecule has 1 aromatic rings. The van der Waals surface area contributed by atoms with Crippen LogP contribution in [0.1, 0.15) is 47.8 Å². The number of aliphatic hydroxyl groups is 1. The van der Waals surface area contributed by atoms with Crippen molar-refractivity contribution in [2.24, 2.45) is 0 Å². The third-order valence-corrected chi connectivity index (χ3v) is 7.69. The monoisotopic (exact) mass is 363 g/mol. The van der Waals surface area contributed by atoms with Crippen molar-refractivity contribution in [3.63, 3.8) is 0 Å². The minimum absolute atomic E-state index is 0.202. The topological polar surface area (TPSA) is 30.0 Å². The lowest BCUT2D eigenvalue weighted by Gasteiger charge is -2.44. The van der Waals surface area contributed by atoms with Crippen LogP contribution in [0, 0.1) is 0 Å². The number of aliphatic hydroxyl groups excluding tert-OH is 1. The van der Waals surface area contributed by atoms with Crippen molar-refractivity contribution in [3.05, 3.63) is 21.9 Å². The zero-order chi connectivity index (χ0) is 17.2. The molecule has 2 saturated heterocycles. The van der Waals surface area contributed by atoms with E-state index in [4.69, 9.17) is 0 Å². The average molecular weight is 364 g/mol. The Balaban J connectivity index is 1.29. The number of hydrogen-bond donors (Lipinski definition) is 1. The Labute approximate surface area is 156 Å². The molecule has 1 aromatic heterocycles. The Morgan fingerprint density at radius 2 is 1.80 bits per heavy atom. The maximum Gasteiger partial charge on any atom is 0.0822 e. The minimum atomic E-state index is -0.202. The van der Waals surface area contributed by atoms with Gasteiger partial charge in [-0.15, -0.1) is 11.3 Å². The number of hydrogen-bond acceptors (Lipinski definition) is 5. The van der Waals surface area contributed by atoms with Crippen molar-refractivity contribution < 1.29 is 5.11 Å². The quantitative estimate of drug-likeness (QED) is 0.891. The number of rotatable bonds is 4. The van der Waals surface area contributed by atoms with Crippen molar-refractivity contribution >= 4 is 11.3 Å². The lowest BCUT2D eigenvalue weighted by atomic mass is 9.99. The number of thiophene rings is 1. The second-order valence-corrected chi connectivity index (χ2v) is 9.48. The molecule has 1 N–H and O–H groups in total. The van der Waals surface area contributed by atoms with Crippen LogP contribution in [-0.2, 0) is 6.54 Å². The molecule has 0 aromatic carbocycles. The molecule has 0 spiro atoms. The van der Waals surface area contributed by atoms with E-state index in [9.17, 15) is 5.11 Å². The largest absolute Gasteiger partial charge is 0.390 e. The zero-order valence-electron chi connectivity index (χ0n) is 15.6. The smallest absolute Gasteiger partial charge is 0.0822 e. The molecule has 0 unspecified atom stereocenters. The van der Waals surface area contributed by atoms with E-state index in [0.29, 0.717) is 6.04 Å². The summed E-state index contributed by atoms with van der Waals surface area (Å²) in [5, 5.41) is 10.7. The summed E-state index contributed by atoms with van der Waals surface area (Å²) in [6.07, 6.45) is 6.48. The van der Waals surface area contributed by atoms with Crippen molar-refractivity contribution in [1.29, 1.82) is 0 Å². The molecule has 0 amide bonds. The van der Waals surface area contributed by atoms with Crippen LogP contribution in [0.25, 0.3) is 0 Å². The van der Waals surface area contributed by atoms with Gasteiger partial charge in [-0.25, -0.2) is 0 Å². The second-order valence-electron chi connectivity index (χ2n) is 8.28. The van der Waals surface area contributed by atoms with Gasteiger partial charge in [-0.05, 0) is 44.4 Å². The first-order valence-corrected chi connectivity index (χ1v) is 10.9. The van der Waals surface area contributed by atoms with E-state index in [0.717, 1.165) is 58.2 Å². The molecule has 1 saturated carbocycles. The standard InChI is InChI=1S/C20H33N3OS/c1-21-10-12-23(13-11-21)18-8-9-22(15-19(18)24)14-17-6-7-20(25-17)16-4-2-3-5-16/h6-7,16,18-19,24H,2-5,8-15H2,1H3/t18-,19-/m1/s1. The molecule has 3 aliphatic rings. The van der Waals surface area contributed by atoms with Crippen LogP contribution >= 0.6 is 11.3 Å². The van der Waals surface area contributed by atoms with Gasteiger partial charge < -0.3 is 10.0 Å². The molecule has 140 valence electrons. The van der Waals surface area contributed by atoms with Crippen LogP contribution in [0.3, 0.4) is 0 Å². The normalized spacial score (nSPS) is 31.0. The lowest BCUT2D eigenvalue weighted by Crippen LogP contribution is -2.58. The van der Waals surface area contributed by atoms with Gasteiger partial charge in [-0.2, -0.15) is 0 Å². The van der Waals surface area contributed by atoms with Crippen LogP contribution in [0.15, 0.2) is 12.1 Å².